The number of aryl methyl sites for hydroxylation is 2. The van der Waals surface area contributed by atoms with Crippen molar-refractivity contribution in [1.82, 2.24) is 14.5 Å². The van der Waals surface area contributed by atoms with Gasteiger partial charge in [-0.3, -0.25) is 0 Å². The molecule has 0 N–H and O–H groups in total. The third-order valence-corrected chi connectivity index (χ3v) is 6.78. The maximum atomic E-state index is 12.8. The first-order chi connectivity index (χ1) is 16.7. The summed E-state index contributed by atoms with van der Waals surface area (Å²) in [7, 11) is 0. The number of likely N-dealkylation sites (tertiary alicyclic amines) is 1. The summed E-state index contributed by atoms with van der Waals surface area (Å²) in [6.45, 7) is 2.10. The minimum absolute atomic E-state index is 0.245. The smallest absolute Gasteiger partial charge is 0.410 e. The molecule has 1 saturated heterocycles. The highest BCUT2D eigenvalue weighted by Crippen LogP contribution is 2.41. The standard InChI is InChI=1S/C29H29N3O2/c33-28(34-26-14-8-3-9-15-26)32-21-17-29(18-22-32,25-12-6-2-7-13-25)27-30-19-23-31(27)20-16-24-10-4-1-5-11-24/h1-15,19,23H,16-18,20-22H2. The zero-order valence-corrected chi connectivity index (χ0v) is 19.2. The van der Waals surface area contributed by atoms with E-state index in [2.05, 4.69) is 59.3 Å². The summed E-state index contributed by atoms with van der Waals surface area (Å²) < 4.78 is 7.89. The van der Waals surface area contributed by atoms with Crippen LogP contribution in [0, 0.1) is 0 Å². The molecule has 0 saturated carbocycles. The van der Waals surface area contributed by atoms with Crippen LogP contribution in [0.1, 0.15) is 29.8 Å². The number of imidazole rings is 1. The number of nitrogens with zero attached hydrogens (tertiary/aromatic N) is 3. The zero-order valence-electron chi connectivity index (χ0n) is 19.2. The number of carbonyl (C=O) groups is 1. The molecule has 1 amide bonds. The second-order valence-electron chi connectivity index (χ2n) is 8.80. The fourth-order valence-corrected chi connectivity index (χ4v) is 4.93. The molecule has 0 atom stereocenters. The van der Waals surface area contributed by atoms with Crippen LogP contribution in [0.5, 0.6) is 5.75 Å². The van der Waals surface area contributed by atoms with Crippen LogP contribution in [-0.4, -0.2) is 33.6 Å². The van der Waals surface area contributed by atoms with Gasteiger partial charge in [-0.15, -0.1) is 0 Å². The molecular weight excluding hydrogens is 422 g/mol. The number of aromatic nitrogens is 2. The van der Waals surface area contributed by atoms with Crippen molar-refractivity contribution in [2.75, 3.05) is 13.1 Å². The van der Waals surface area contributed by atoms with Gasteiger partial charge in [0.25, 0.3) is 0 Å². The van der Waals surface area contributed by atoms with Crippen molar-refractivity contribution in [2.45, 2.75) is 31.2 Å². The Morgan fingerprint density at radius 2 is 1.47 bits per heavy atom. The molecule has 1 aliphatic rings. The summed E-state index contributed by atoms with van der Waals surface area (Å²) in [6, 6.07) is 30.4. The lowest BCUT2D eigenvalue weighted by atomic mass is 9.72. The van der Waals surface area contributed by atoms with Crippen LogP contribution < -0.4 is 4.74 Å². The Morgan fingerprint density at radius 1 is 0.853 bits per heavy atom. The lowest BCUT2D eigenvalue weighted by Gasteiger charge is -2.41. The number of para-hydroxylation sites is 1. The predicted molar refractivity (Wildman–Crippen MR) is 133 cm³/mol. The van der Waals surface area contributed by atoms with Crippen LogP contribution in [0.15, 0.2) is 103 Å². The van der Waals surface area contributed by atoms with Gasteiger partial charge in [-0.1, -0.05) is 78.9 Å². The van der Waals surface area contributed by atoms with E-state index in [1.807, 2.05) is 41.4 Å². The number of benzene rings is 3. The summed E-state index contributed by atoms with van der Waals surface area (Å²) >= 11 is 0. The average Bonchev–Trinajstić information content (AvgIpc) is 3.38. The Hall–Kier alpha value is -3.86. The Balaban J connectivity index is 1.37. The van der Waals surface area contributed by atoms with Gasteiger partial charge in [-0.25, -0.2) is 9.78 Å². The maximum Gasteiger partial charge on any atom is 0.415 e. The third kappa shape index (κ3) is 4.60. The Kier molecular flexibility index (Phi) is 6.43. The molecule has 3 aromatic carbocycles. The van der Waals surface area contributed by atoms with Crippen molar-refractivity contribution in [3.05, 3.63) is 120 Å². The van der Waals surface area contributed by atoms with Crippen LogP contribution in [0.25, 0.3) is 0 Å². The highest BCUT2D eigenvalue weighted by Gasteiger charge is 2.42. The Labute approximate surface area is 200 Å². The molecule has 34 heavy (non-hydrogen) atoms. The molecule has 0 aliphatic carbocycles. The molecule has 1 fully saturated rings. The number of piperidine rings is 1. The Bertz CT molecular complexity index is 1200. The predicted octanol–water partition coefficient (Wildman–Crippen LogP) is 5.71. The summed E-state index contributed by atoms with van der Waals surface area (Å²) in [5.74, 6) is 1.65. The highest BCUT2D eigenvalue weighted by molar-refractivity contribution is 5.71. The lowest BCUT2D eigenvalue weighted by Crippen LogP contribution is -2.47. The minimum Gasteiger partial charge on any atom is -0.410 e. The fraction of sp³-hybridized carbons (Fsp3) is 0.241. The molecular formula is C29H29N3O2. The summed E-state index contributed by atoms with van der Waals surface area (Å²) in [5.41, 5.74) is 2.32. The molecule has 0 spiro atoms. The molecule has 1 aromatic heterocycles. The van der Waals surface area contributed by atoms with Gasteiger partial charge in [-0.05, 0) is 42.5 Å². The van der Waals surface area contributed by atoms with Crippen LogP contribution in [0.2, 0.25) is 0 Å². The van der Waals surface area contributed by atoms with Crippen molar-refractivity contribution >= 4 is 6.09 Å². The molecule has 1 aliphatic heterocycles. The highest BCUT2D eigenvalue weighted by atomic mass is 16.6. The number of rotatable bonds is 6. The van der Waals surface area contributed by atoms with Crippen molar-refractivity contribution < 1.29 is 9.53 Å². The van der Waals surface area contributed by atoms with E-state index in [9.17, 15) is 4.79 Å². The second kappa shape index (κ2) is 9.96. The third-order valence-electron chi connectivity index (χ3n) is 6.78. The van der Waals surface area contributed by atoms with E-state index >= 15 is 0 Å². The molecule has 5 rings (SSSR count). The first kappa shape index (κ1) is 22.0. The van der Waals surface area contributed by atoms with Gasteiger partial charge in [0.05, 0.1) is 5.41 Å². The van der Waals surface area contributed by atoms with Crippen LogP contribution in [-0.2, 0) is 18.4 Å². The van der Waals surface area contributed by atoms with Gasteiger partial charge in [-0.2, -0.15) is 0 Å². The topological polar surface area (TPSA) is 47.4 Å². The van der Waals surface area contributed by atoms with Gasteiger partial charge in [0, 0.05) is 32.0 Å². The van der Waals surface area contributed by atoms with Gasteiger partial charge < -0.3 is 14.2 Å². The van der Waals surface area contributed by atoms with E-state index in [1.54, 1.807) is 12.1 Å². The van der Waals surface area contributed by atoms with E-state index in [0.717, 1.165) is 31.6 Å². The lowest BCUT2D eigenvalue weighted by molar-refractivity contribution is 0.127. The van der Waals surface area contributed by atoms with E-state index in [-0.39, 0.29) is 11.5 Å². The minimum atomic E-state index is -0.291. The first-order valence-corrected chi connectivity index (χ1v) is 11.9. The van der Waals surface area contributed by atoms with E-state index < -0.39 is 0 Å². The van der Waals surface area contributed by atoms with Crippen LogP contribution in [0.4, 0.5) is 4.79 Å². The van der Waals surface area contributed by atoms with Gasteiger partial charge in [0.2, 0.25) is 0 Å². The van der Waals surface area contributed by atoms with Crippen LogP contribution in [0.3, 0.4) is 0 Å². The largest absolute Gasteiger partial charge is 0.415 e. The zero-order chi connectivity index (χ0) is 23.2. The van der Waals surface area contributed by atoms with Crippen LogP contribution >= 0.6 is 0 Å². The maximum absolute atomic E-state index is 12.8. The monoisotopic (exact) mass is 451 g/mol. The van der Waals surface area contributed by atoms with Gasteiger partial charge in [0.1, 0.15) is 11.6 Å². The molecule has 2 heterocycles. The quantitative estimate of drug-likeness (QED) is 0.377. The molecule has 0 radical (unpaired) electrons. The first-order valence-electron chi connectivity index (χ1n) is 11.9. The van der Waals surface area contributed by atoms with E-state index in [1.165, 1.54) is 11.1 Å². The summed E-state index contributed by atoms with van der Waals surface area (Å²) in [5, 5.41) is 0. The fourth-order valence-electron chi connectivity index (χ4n) is 4.93. The second-order valence-corrected chi connectivity index (χ2v) is 8.80. The number of hydrogen-bond donors (Lipinski definition) is 0. The van der Waals surface area contributed by atoms with Crippen molar-refractivity contribution in [3.63, 3.8) is 0 Å². The SMILES string of the molecule is O=C(Oc1ccccc1)N1CCC(c2ccccc2)(c2nccn2CCc2ccccc2)CC1. The molecule has 0 unspecified atom stereocenters. The summed E-state index contributed by atoms with van der Waals surface area (Å²) in [6.07, 6.45) is 6.23. The van der Waals surface area contributed by atoms with Crippen molar-refractivity contribution in [1.29, 1.82) is 0 Å². The summed E-state index contributed by atoms with van der Waals surface area (Å²) in [4.78, 5) is 19.5. The number of ether oxygens (including phenoxy) is 1. The molecule has 4 aromatic rings. The Morgan fingerprint density at radius 3 is 2.15 bits per heavy atom. The van der Waals surface area contributed by atoms with Gasteiger partial charge >= 0.3 is 6.09 Å². The molecule has 5 nitrogen and oxygen atoms in total. The van der Waals surface area contributed by atoms with E-state index in [0.29, 0.717) is 18.8 Å². The normalized spacial score (nSPS) is 15.1. The molecule has 5 heteroatoms. The number of hydrogen-bond acceptors (Lipinski definition) is 3. The van der Waals surface area contributed by atoms with E-state index in [4.69, 9.17) is 9.72 Å². The number of carbonyl (C=O) groups excluding carboxylic acids is 1. The molecule has 172 valence electrons. The molecule has 0 bridgehead atoms. The number of amides is 1. The average molecular weight is 452 g/mol. The van der Waals surface area contributed by atoms with Crippen molar-refractivity contribution in [2.24, 2.45) is 0 Å². The van der Waals surface area contributed by atoms with Crippen molar-refractivity contribution in [3.8, 4) is 5.75 Å². The van der Waals surface area contributed by atoms with Gasteiger partial charge in [0.15, 0.2) is 0 Å².